The summed E-state index contributed by atoms with van der Waals surface area (Å²) in [5.41, 5.74) is 2.73. The predicted octanol–water partition coefficient (Wildman–Crippen LogP) is 5.04. The number of benzene rings is 2. The molecule has 2 rings (SSSR count). The Morgan fingerprint density at radius 2 is 1.85 bits per heavy atom. The van der Waals surface area contributed by atoms with Crippen LogP contribution in [0.3, 0.4) is 0 Å². The van der Waals surface area contributed by atoms with Crippen LogP contribution in [0.1, 0.15) is 11.1 Å². The van der Waals surface area contributed by atoms with Gasteiger partial charge in [-0.05, 0) is 46.6 Å². The van der Waals surface area contributed by atoms with Crippen molar-refractivity contribution in [2.45, 2.75) is 13.5 Å². The third-order valence-corrected chi connectivity index (χ3v) is 4.06. The summed E-state index contributed by atoms with van der Waals surface area (Å²) in [6.07, 6.45) is 0. The molecule has 0 aliphatic carbocycles. The lowest BCUT2D eigenvalue weighted by molar-refractivity contribution is -0.385. The van der Waals surface area contributed by atoms with Gasteiger partial charge in [-0.3, -0.25) is 10.1 Å². The first-order valence-corrected chi connectivity index (χ1v) is 7.49. The smallest absolute Gasteiger partial charge is 0.273 e. The normalized spacial score (nSPS) is 10.3. The maximum atomic E-state index is 10.9. The number of hydrogen-bond acceptors (Lipinski definition) is 3. The zero-order valence-corrected chi connectivity index (χ0v) is 13.9. The van der Waals surface area contributed by atoms with E-state index in [-0.39, 0.29) is 10.6 Å². The molecule has 0 aliphatic heterocycles. The molecule has 0 amide bonds. The molecular weight excluding hydrogens is 388 g/mol. The molecule has 2 aromatic rings. The van der Waals surface area contributed by atoms with Gasteiger partial charge in [-0.2, -0.15) is 0 Å². The van der Waals surface area contributed by atoms with Gasteiger partial charge in [0.15, 0.2) is 0 Å². The second-order valence-electron chi connectivity index (χ2n) is 4.36. The van der Waals surface area contributed by atoms with Crippen LogP contribution >= 0.6 is 31.9 Å². The van der Waals surface area contributed by atoms with Crippen molar-refractivity contribution in [1.82, 2.24) is 0 Å². The summed E-state index contributed by atoms with van der Waals surface area (Å²) in [4.78, 5) is 10.5. The standard InChI is InChI=1S/C14H12Br2N2O2/c1-9-6-13(12(16)7-14(9)18(19)20)17-8-10-2-4-11(15)5-3-10/h2-7,17H,8H2,1H3. The van der Waals surface area contributed by atoms with Gasteiger partial charge in [0.2, 0.25) is 0 Å². The first-order valence-electron chi connectivity index (χ1n) is 5.90. The Labute approximate surface area is 133 Å². The fraction of sp³-hybridized carbons (Fsp3) is 0.143. The minimum absolute atomic E-state index is 0.117. The minimum atomic E-state index is -0.376. The molecular formula is C14H12Br2N2O2. The number of rotatable bonds is 4. The highest BCUT2D eigenvalue weighted by Crippen LogP contribution is 2.30. The number of halogens is 2. The molecule has 1 N–H and O–H groups in total. The van der Waals surface area contributed by atoms with Crippen molar-refractivity contribution in [2.75, 3.05) is 5.32 Å². The fourth-order valence-electron chi connectivity index (χ4n) is 1.80. The Balaban J connectivity index is 2.16. The van der Waals surface area contributed by atoms with E-state index < -0.39 is 0 Å². The quantitative estimate of drug-likeness (QED) is 0.578. The highest BCUT2D eigenvalue weighted by molar-refractivity contribution is 9.10. The van der Waals surface area contributed by atoms with E-state index in [1.165, 1.54) is 6.07 Å². The molecule has 0 spiro atoms. The van der Waals surface area contributed by atoms with Gasteiger partial charge in [-0.25, -0.2) is 0 Å². The number of anilines is 1. The number of nitro groups is 1. The molecule has 0 aromatic heterocycles. The van der Waals surface area contributed by atoms with Crippen LogP contribution in [0.4, 0.5) is 11.4 Å². The van der Waals surface area contributed by atoms with Gasteiger partial charge >= 0.3 is 0 Å². The van der Waals surface area contributed by atoms with E-state index in [2.05, 4.69) is 37.2 Å². The van der Waals surface area contributed by atoms with Crippen LogP contribution in [0, 0.1) is 17.0 Å². The molecule has 0 fully saturated rings. The van der Waals surface area contributed by atoms with Gasteiger partial charge in [0.05, 0.1) is 4.92 Å². The van der Waals surface area contributed by atoms with E-state index in [0.717, 1.165) is 15.7 Å². The summed E-state index contributed by atoms with van der Waals surface area (Å²) in [5.74, 6) is 0. The highest BCUT2D eigenvalue weighted by Gasteiger charge is 2.13. The van der Waals surface area contributed by atoms with Gasteiger partial charge in [-0.1, -0.05) is 28.1 Å². The van der Waals surface area contributed by atoms with E-state index in [1.54, 1.807) is 13.0 Å². The Bertz CT molecular complexity index is 642. The maximum absolute atomic E-state index is 10.9. The average molecular weight is 400 g/mol. The van der Waals surface area contributed by atoms with Crippen LogP contribution in [0.2, 0.25) is 0 Å². The fourth-order valence-corrected chi connectivity index (χ4v) is 2.54. The van der Waals surface area contributed by atoms with Crippen LogP contribution in [0.5, 0.6) is 0 Å². The molecule has 0 saturated heterocycles. The Hall–Kier alpha value is -1.40. The van der Waals surface area contributed by atoms with Gasteiger partial charge in [-0.15, -0.1) is 0 Å². The largest absolute Gasteiger partial charge is 0.380 e. The summed E-state index contributed by atoms with van der Waals surface area (Å²) >= 11 is 6.75. The maximum Gasteiger partial charge on any atom is 0.273 e. The number of nitro benzene ring substituents is 1. The Kier molecular flexibility index (Phi) is 4.77. The number of hydrogen-bond donors (Lipinski definition) is 1. The van der Waals surface area contributed by atoms with Crippen LogP contribution < -0.4 is 5.32 Å². The van der Waals surface area contributed by atoms with Crippen LogP contribution in [0.15, 0.2) is 45.3 Å². The van der Waals surface area contributed by atoms with Crippen molar-refractivity contribution < 1.29 is 4.92 Å². The lowest BCUT2D eigenvalue weighted by atomic mass is 10.1. The second kappa shape index (κ2) is 6.37. The molecule has 0 atom stereocenters. The summed E-state index contributed by atoms with van der Waals surface area (Å²) < 4.78 is 1.72. The van der Waals surface area contributed by atoms with E-state index >= 15 is 0 Å². The van der Waals surface area contributed by atoms with Crippen molar-refractivity contribution in [3.63, 3.8) is 0 Å². The lowest BCUT2D eigenvalue weighted by Crippen LogP contribution is -2.01. The van der Waals surface area contributed by atoms with E-state index in [9.17, 15) is 10.1 Å². The molecule has 4 nitrogen and oxygen atoms in total. The molecule has 0 saturated carbocycles. The zero-order chi connectivity index (χ0) is 14.7. The third kappa shape index (κ3) is 3.58. The molecule has 2 aromatic carbocycles. The van der Waals surface area contributed by atoms with Gasteiger partial charge < -0.3 is 5.32 Å². The van der Waals surface area contributed by atoms with E-state index in [1.807, 2.05) is 24.3 Å². The summed E-state index contributed by atoms with van der Waals surface area (Å²) in [5, 5.41) is 14.1. The third-order valence-electron chi connectivity index (χ3n) is 2.88. The van der Waals surface area contributed by atoms with E-state index in [0.29, 0.717) is 16.6 Å². The second-order valence-corrected chi connectivity index (χ2v) is 6.13. The summed E-state index contributed by atoms with van der Waals surface area (Å²) in [7, 11) is 0. The molecule has 0 bridgehead atoms. The Morgan fingerprint density at radius 1 is 1.20 bits per heavy atom. The first kappa shape index (κ1) is 15.0. The first-order chi connectivity index (χ1) is 9.47. The van der Waals surface area contributed by atoms with Crippen molar-refractivity contribution in [2.24, 2.45) is 0 Å². The van der Waals surface area contributed by atoms with Crippen LogP contribution in [-0.2, 0) is 6.54 Å². The molecule has 6 heteroatoms. The molecule has 20 heavy (non-hydrogen) atoms. The van der Waals surface area contributed by atoms with Crippen molar-refractivity contribution in [1.29, 1.82) is 0 Å². The zero-order valence-electron chi connectivity index (χ0n) is 10.7. The highest BCUT2D eigenvalue weighted by atomic mass is 79.9. The van der Waals surface area contributed by atoms with Crippen LogP contribution in [0.25, 0.3) is 0 Å². The van der Waals surface area contributed by atoms with Gasteiger partial charge in [0.1, 0.15) is 0 Å². The predicted molar refractivity (Wildman–Crippen MR) is 87.0 cm³/mol. The molecule has 0 unspecified atom stereocenters. The van der Waals surface area contributed by atoms with Crippen molar-refractivity contribution in [3.8, 4) is 0 Å². The van der Waals surface area contributed by atoms with Gasteiger partial charge in [0, 0.05) is 32.8 Å². The van der Waals surface area contributed by atoms with Gasteiger partial charge in [0.25, 0.3) is 5.69 Å². The molecule has 0 heterocycles. The monoisotopic (exact) mass is 398 g/mol. The van der Waals surface area contributed by atoms with Crippen molar-refractivity contribution in [3.05, 3.63) is 66.6 Å². The average Bonchev–Trinajstić information content (AvgIpc) is 2.41. The lowest BCUT2D eigenvalue weighted by Gasteiger charge is -2.10. The molecule has 0 radical (unpaired) electrons. The Morgan fingerprint density at radius 3 is 2.45 bits per heavy atom. The summed E-state index contributed by atoms with van der Waals surface area (Å²) in [6.45, 7) is 2.39. The number of nitrogens with zero attached hydrogens (tertiary/aromatic N) is 1. The van der Waals surface area contributed by atoms with E-state index in [4.69, 9.17) is 0 Å². The minimum Gasteiger partial charge on any atom is -0.380 e. The molecule has 0 aliphatic rings. The van der Waals surface area contributed by atoms with Crippen molar-refractivity contribution >= 4 is 43.2 Å². The van der Waals surface area contributed by atoms with Crippen LogP contribution in [-0.4, -0.2) is 4.92 Å². The topological polar surface area (TPSA) is 55.2 Å². The molecule has 104 valence electrons. The number of aryl methyl sites for hydroxylation is 1. The number of nitrogens with one attached hydrogen (secondary N) is 1. The summed E-state index contributed by atoms with van der Waals surface area (Å²) in [6, 6.07) is 11.3. The SMILES string of the molecule is Cc1cc(NCc2ccc(Br)cc2)c(Br)cc1[N+](=O)[O-].